The summed E-state index contributed by atoms with van der Waals surface area (Å²) in [5, 5.41) is 16.5. The number of hydrogen-bond donors (Lipinski definition) is 1. The number of aromatic hydroxyl groups is 1. The normalized spacial score (nSPS) is 12.4. The first kappa shape index (κ1) is 14.8. The molecule has 0 aliphatic rings. The monoisotopic (exact) mass is 351 g/mol. The molecule has 3 heteroatoms. The lowest BCUT2D eigenvalue weighted by atomic mass is 9.96. The van der Waals surface area contributed by atoms with Crippen molar-refractivity contribution < 1.29 is 9.67 Å². The van der Waals surface area contributed by atoms with Gasteiger partial charge in [0.2, 0.25) is 5.52 Å². The highest BCUT2D eigenvalue weighted by molar-refractivity contribution is 6.26. The molecule has 0 aliphatic heterocycles. The Morgan fingerprint density at radius 1 is 0.889 bits per heavy atom. The van der Waals surface area contributed by atoms with Gasteiger partial charge in [-0.15, -0.1) is 0 Å². The first-order chi connectivity index (χ1) is 13.1. The molecule has 0 aliphatic carbocycles. The van der Waals surface area contributed by atoms with Crippen molar-refractivity contribution in [3.63, 3.8) is 0 Å². The van der Waals surface area contributed by atoms with E-state index in [4.69, 9.17) is 0 Å². The standard InChI is InChI=1S/C24H18N2O/c1-13-10-18-17-6-4-5-7-19(17)26-20-12-16(27)11-15-8-9-25(3)24(22(15)20)21(14(13)2)23(18)26/h4-12H,1-3H3/p+1. The lowest BCUT2D eigenvalue weighted by Crippen LogP contribution is -2.29. The second-order valence-electron chi connectivity index (χ2n) is 7.65. The topological polar surface area (TPSA) is 28.5 Å². The fraction of sp³-hybridized carbons (Fsp3) is 0.125. The van der Waals surface area contributed by atoms with Gasteiger partial charge < -0.3 is 9.51 Å². The van der Waals surface area contributed by atoms with Gasteiger partial charge in [0.25, 0.3) is 0 Å². The highest BCUT2D eigenvalue weighted by Gasteiger charge is 2.24. The third-order valence-electron chi connectivity index (χ3n) is 6.16. The fourth-order valence-electron chi connectivity index (χ4n) is 4.84. The van der Waals surface area contributed by atoms with Gasteiger partial charge in [0.05, 0.1) is 27.3 Å². The molecule has 3 aromatic carbocycles. The van der Waals surface area contributed by atoms with Crippen LogP contribution in [0.3, 0.4) is 0 Å². The molecule has 1 N–H and O–H groups in total. The maximum absolute atomic E-state index is 10.4. The zero-order valence-corrected chi connectivity index (χ0v) is 15.5. The first-order valence-electron chi connectivity index (χ1n) is 9.25. The van der Waals surface area contributed by atoms with Crippen LogP contribution in [0.15, 0.2) is 54.7 Å². The van der Waals surface area contributed by atoms with E-state index >= 15 is 0 Å². The summed E-state index contributed by atoms with van der Waals surface area (Å²) in [4.78, 5) is 0. The van der Waals surface area contributed by atoms with Crippen molar-refractivity contribution in [3.8, 4) is 5.75 Å². The maximum Gasteiger partial charge on any atom is 0.224 e. The van der Waals surface area contributed by atoms with Crippen LogP contribution in [-0.2, 0) is 7.05 Å². The van der Waals surface area contributed by atoms with Gasteiger partial charge in [-0.05, 0) is 43.2 Å². The zero-order chi connectivity index (χ0) is 18.4. The molecule has 0 saturated heterocycles. The van der Waals surface area contributed by atoms with E-state index in [0.717, 1.165) is 10.9 Å². The lowest BCUT2D eigenvalue weighted by molar-refractivity contribution is -0.643. The summed E-state index contributed by atoms with van der Waals surface area (Å²) in [5.74, 6) is 0.301. The molecule has 3 nitrogen and oxygen atoms in total. The van der Waals surface area contributed by atoms with E-state index in [1.165, 1.54) is 49.2 Å². The molecule has 27 heavy (non-hydrogen) atoms. The van der Waals surface area contributed by atoms with Crippen molar-refractivity contribution in [1.29, 1.82) is 0 Å². The number of pyridine rings is 2. The van der Waals surface area contributed by atoms with Crippen molar-refractivity contribution in [2.45, 2.75) is 13.8 Å². The minimum atomic E-state index is 0.301. The van der Waals surface area contributed by atoms with Crippen LogP contribution in [0.5, 0.6) is 5.75 Å². The Balaban J connectivity index is 2.17. The van der Waals surface area contributed by atoms with Gasteiger partial charge in [-0.25, -0.2) is 4.57 Å². The minimum Gasteiger partial charge on any atom is -0.508 e. The number of phenols is 1. The molecular weight excluding hydrogens is 332 g/mol. The summed E-state index contributed by atoms with van der Waals surface area (Å²) >= 11 is 0. The molecular formula is C24H19N2O+. The molecule has 130 valence electrons. The quantitative estimate of drug-likeness (QED) is 0.229. The van der Waals surface area contributed by atoms with Crippen molar-refractivity contribution in [3.05, 3.63) is 65.9 Å². The number of fused-ring (bicyclic) bond motifs is 5. The summed E-state index contributed by atoms with van der Waals surface area (Å²) in [6.45, 7) is 4.42. The van der Waals surface area contributed by atoms with E-state index in [9.17, 15) is 5.11 Å². The van der Waals surface area contributed by atoms with Crippen molar-refractivity contribution in [1.82, 2.24) is 4.40 Å². The van der Waals surface area contributed by atoms with E-state index in [1.54, 1.807) is 0 Å². The summed E-state index contributed by atoms with van der Waals surface area (Å²) in [5.41, 5.74) is 7.32. The third kappa shape index (κ3) is 1.65. The van der Waals surface area contributed by atoms with E-state index in [1.807, 2.05) is 12.1 Å². The van der Waals surface area contributed by atoms with Gasteiger partial charge in [0.1, 0.15) is 12.8 Å². The van der Waals surface area contributed by atoms with E-state index < -0.39 is 0 Å². The minimum absolute atomic E-state index is 0.301. The number of aromatic nitrogens is 2. The molecule has 0 unspecified atom stereocenters. The number of hydrogen-bond acceptors (Lipinski definition) is 1. The average Bonchev–Trinajstić information content (AvgIpc) is 2.98. The van der Waals surface area contributed by atoms with Gasteiger partial charge in [-0.2, -0.15) is 0 Å². The second-order valence-corrected chi connectivity index (χ2v) is 7.65. The maximum atomic E-state index is 10.4. The van der Waals surface area contributed by atoms with Crippen LogP contribution in [-0.4, -0.2) is 9.51 Å². The number of phenolic OH excluding ortho intramolecular Hbond substituents is 1. The number of aryl methyl sites for hydroxylation is 3. The lowest BCUT2D eigenvalue weighted by Gasteiger charge is -2.14. The Morgan fingerprint density at radius 3 is 2.56 bits per heavy atom. The van der Waals surface area contributed by atoms with Crippen molar-refractivity contribution in [2.24, 2.45) is 7.05 Å². The molecule has 0 bridgehead atoms. The summed E-state index contributed by atoms with van der Waals surface area (Å²) in [6, 6.07) is 16.7. The molecule has 0 fully saturated rings. The van der Waals surface area contributed by atoms with Crippen LogP contribution < -0.4 is 4.57 Å². The summed E-state index contributed by atoms with van der Waals surface area (Å²) in [7, 11) is 2.11. The molecule has 3 aromatic heterocycles. The van der Waals surface area contributed by atoms with Gasteiger partial charge in [-0.1, -0.05) is 18.2 Å². The van der Waals surface area contributed by atoms with Gasteiger partial charge in [0, 0.05) is 28.3 Å². The Hall–Kier alpha value is -3.33. The highest BCUT2D eigenvalue weighted by atomic mass is 16.3. The average molecular weight is 351 g/mol. The second kappa shape index (κ2) is 4.68. The number of para-hydroxylation sites is 1. The predicted octanol–water partition coefficient (Wildman–Crippen LogP) is 5.14. The molecule has 6 rings (SSSR count). The van der Waals surface area contributed by atoms with Crippen LogP contribution in [0.1, 0.15) is 11.1 Å². The highest BCUT2D eigenvalue weighted by Crippen LogP contribution is 2.42. The largest absolute Gasteiger partial charge is 0.508 e. The molecule has 0 saturated carbocycles. The van der Waals surface area contributed by atoms with E-state index in [2.05, 4.69) is 72.5 Å². The zero-order valence-electron chi connectivity index (χ0n) is 15.5. The summed E-state index contributed by atoms with van der Waals surface area (Å²) < 4.78 is 4.55. The smallest absolute Gasteiger partial charge is 0.224 e. The predicted molar refractivity (Wildman–Crippen MR) is 111 cm³/mol. The summed E-state index contributed by atoms with van der Waals surface area (Å²) in [6.07, 6.45) is 2.09. The molecule has 0 atom stereocenters. The Labute approximate surface area is 156 Å². The molecule has 0 spiro atoms. The van der Waals surface area contributed by atoms with Crippen LogP contribution in [0.2, 0.25) is 0 Å². The molecule has 6 aromatic rings. The SMILES string of the molecule is Cc1cc2c3ccccc3n3c4cc(O)cc5cc[n+](C)c(c(c1C)c23)c54. The number of benzene rings is 3. The molecule has 0 amide bonds. The molecule has 0 radical (unpaired) electrons. The van der Waals surface area contributed by atoms with Crippen LogP contribution in [0, 0.1) is 13.8 Å². The van der Waals surface area contributed by atoms with E-state index in [-0.39, 0.29) is 0 Å². The Bertz CT molecular complexity index is 1560. The van der Waals surface area contributed by atoms with Gasteiger partial charge in [-0.3, -0.25) is 0 Å². The van der Waals surface area contributed by atoms with Crippen molar-refractivity contribution in [2.75, 3.05) is 0 Å². The van der Waals surface area contributed by atoms with Crippen LogP contribution in [0.25, 0.3) is 49.0 Å². The van der Waals surface area contributed by atoms with E-state index in [0.29, 0.717) is 5.75 Å². The Morgan fingerprint density at radius 2 is 1.70 bits per heavy atom. The Kier molecular flexibility index (Phi) is 2.57. The first-order valence-corrected chi connectivity index (χ1v) is 9.25. The number of rotatable bonds is 0. The van der Waals surface area contributed by atoms with Gasteiger partial charge in [0.15, 0.2) is 6.20 Å². The van der Waals surface area contributed by atoms with Crippen molar-refractivity contribution >= 4 is 49.0 Å². The number of nitrogens with zero attached hydrogens (tertiary/aromatic N) is 2. The van der Waals surface area contributed by atoms with Crippen LogP contribution in [0.4, 0.5) is 0 Å². The fourth-order valence-corrected chi connectivity index (χ4v) is 4.84. The molecule has 3 heterocycles. The van der Waals surface area contributed by atoms with Crippen LogP contribution >= 0.6 is 0 Å². The van der Waals surface area contributed by atoms with Gasteiger partial charge >= 0.3 is 0 Å². The third-order valence-corrected chi connectivity index (χ3v) is 6.16.